The Hall–Kier alpha value is -1.35. The zero-order valence-electron chi connectivity index (χ0n) is 11.1. The van der Waals surface area contributed by atoms with Crippen LogP contribution in [-0.4, -0.2) is 24.2 Å². The first-order valence-electron chi connectivity index (χ1n) is 6.85. The molecule has 0 radical (unpaired) electrons. The van der Waals surface area contributed by atoms with Gasteiger partial charge in [-0.15, -0.1) is 0 Å². The van der Waals surface area contributed by atoms with Crippen molar-refractivity contribution < 1.29 is 4.74 Å². The summed E-state index contributed by atoms with van der Waals surface area (Å²) in [5, 5.41) is 3.51. The number of likely N-dealkylation sites (N-methyl/N-ethyl adjacent to an activating group) is 1. The van der Waals surface area contributed by atoms with E-state index in [2.05, 4.69) is 35.4 Å². The molecule has 0 bridgehead atoms. The third-order valence-corrected chi connectivity index (χ3v) is 3.23. The van der Waals surface area contributed by atoms with Gasteiger partial charge in [-0.2, -0.15) is 0 Å². The Morgan fingerprint density at radius 3 is 2.89 bits per heavy atom. The summed E-state index contributed by atoms with van der Waals surface area (Å²) in [6.07, 6.45) is 10.4. The van der Waals surface area contributed by atoms with Gasteiger partial charge in [0.2, 0.25) is 0 Å². The van der Waals surface area contributed by atoms with Crippen LogP contribution in [0.1, 0.15) is 31.7 Å². The van der Waals surface area contributed by atoms with Crippen molar-refractivity contribution >= 4 is 0 Å². The highest BCUT2D eigenvalue weighted by Crippen LogP contribution is 2.17. The van der Waals surface area contributed by atoms with E-state index in [4.69, 9.17) is 4.74 Å². The van der Waals surface area contributed by atoms with Crippen molar-refractivity contribution in [2.75, 3.05) is 13.2 Å². The van der Waals surface area contributed by atoms with Gasteiger partial charge < -0.3 is 10.1 Å². The maximum absolute atomic E-state index is 5.77. The van der Waals surface area contributed by atoms with Crippen molar-refractivity contribution in [3.63, 3.8) is 0 Å². The second kappa shape index (κ2) is 7.17. The topological polar surface area (TPSA) is 34.2 Å². The largest absolute Gasteiger partial charge is 0.497 e. The average Bonchev–Trinajstić information content (AvgIpc) is 2.45. The van der Waals surface area contributed by atoms with E-state index in [0.717, 1.165) is 44.6 Å². The Labute approximate surface area is 109 Å². The minimum absolute atomic E-state index is 0.350. The van der Waals surface area contributed by atoms with Gasteiger partial charge in [-0.25, -0.2) is 0 Å². The van der Waals surface area contributed by atoms with Crippen molar-refractivity contribution in [2.45, 2.75) is 38.6 Å². The molecule has 0 saturated carbocycles. The van der Waals surface area contributed by atoms with Gasteiger partial charge in [-0.3, -0.25) is 4.98 Å². The van der Waals surface area contributed by atoms with Crippen molar-refractivity contribution in [1.82, 2.24) is 10.3 Å². The smallest absolute Gasteiger partial charge is 0.109 e. The molecule has 1 aliphatic heterocycles. The highest BCUT2D eigenvalue weighted by Gasteiger charge is 2.16. The normalized spacial score (nSPS) is 16.8. The summed E-state index contributed by atoms with van der Waals surface area (Å²) in [4.78, 5) is 4.05. The van der Waals surface area contributed by atoms with Crippen LogP contribution < -0.4 is 5.32 Å². The van der Waals surface area contributed by atoms with Crippen LogP contribution >= 0.6 is 0 Å². The molecule has 18 heavy (non-hydrogen) atoms. The van der Waals surface area contributed by atoms with Crippen LogP contribution in [-0.2, 0) is 11.2 Å². The minimum Gasteiger partial charge on any atom is -0.497 e. The zero-order chi connectivity index (χ0) is 12.6. The number of pyridine rings is 1. The first-order chi connectivity index (χ1) is 8.90. The fourth-order valence-electron chi connectivity index (χ4n) is 2.27. The Morgan fingerprint density at radius 2 is 2.22 bits per heavy atom. The first kappa shape index (κ1) is 13.1. The Bertz CT molecular complexity index is 375. The van der Waals surface area contributed by atoms with E-state index in [9.17, 15) is 0 Å². The number of aryl methyl sites for hydroxylation is 1. The third kappa shape index (κ3) is 3.84. The SMILES string of the molecule is CCNC(CCc1ccncc1)C1=CCCCO1. The van der Waals surface area contributed by atoms with E-state index in [0.29, 0.717) is 6.04 Å². The lowest BCUT2D eigenvalue weighted by Crippen LogP contribution is -2.33. The molecule has 0 amide bonds. The zero-order valence-corrected chi connectivity index (χ0v) is 11.1. The van der Waals surface area contributed by atoms with Gasteiger partial charge in [-0.1, -0.05) is 6.92 Å². The number of hydrogen-bond acceptors (Lipinski definition) is 3. The lowest BCUT2D eigenvalue weighted by molar-refractivity contribution is 0.165. The van der Waals surface area contributed by atoms with Crippen LogP contribution in [0.2, 0.25) is 0 Å². The van der Waals surface area contributed by atoms with Crippen LogP contribution in [0.3, 0.4) is 0 Å². The standard InChI is InChI=1S/C15H22N2O/c1-2-17-14(15-5-3-4-12-18-15)7-6-13-8-10-16-11-9-13/h5,8-11,14,17H,2-4,6-7,12H2,1H3. The molecule has 1 aliphatic rings. The molecular weight excluding hydrogens is 224 g/mol. The van der Waals surface area contributed by atoms with E-state index in [-0.39, 0.29) is 0 Å². The molecule has 2 rings (SSSR count). The molecule has 1 unspecified atom stereocenters. The number of aromatic nitrogens is 1. The maximum Gasteiger partial charge on any atom is 0.109 e. The summed E-state index contributed by atoms with van der Waals surface area (Å²) < 4.78 is 5.77. The first-order valence-corrected chi connectivity index (χ1v) is 6.85. The number of allylic oxidation sites excluding steroid dienone is 1. The second-order valence-corrected chi connectivity index (χ2v) is 4.60. The number of nitrogens with one attached hydrogen (secondary N) is 1. The molecule has 1 N–H and O–H groups in total. The number of nitrogens with zero attached hydrogens (tertiary/aromatic N) is 1. The van der Waals surface area contributed by atoms with Gasteiger partial charge >= 0.3 is 0 Å². The lowest BCUT2D eigenvalue weighted by Gasteiger charge is -2.24. The average molecular weight is 246 g/mol. The fraction of sp³-hybridized carbons (Fsp3) is 0.533. The van der Waals surface area contributed by atoms with Crippen LogP contribution in [0, 0.1) is 0 Å². The van der Waals surface area contributed by atoms with E-state index < -0.39 is 0 Å². The molecule has 3 heteroatoms. The molecule has 3 nitrogen and oxygen atoms in total. The quantitative estimate of drug-likeness (QED) is 0.838. The number of hydrogen-bond donors (Lipinski definition) is 1. The van der Waals surface area contributed by atoms with Gasteiger partial charge in [-0.05, 0) is 56.0 Å². The molecule has 1 atom stereocenters. The molecule has 0 spiro atoms. The summed E-state index contributed by atoms with van der Waals surface area (Å²) in [7, 11) is 0. The number of rotatable bonds is 6. The van der Waals surface area contributed by atoms with Crippen LogP contribution in [0.25, 0.3) is 0 Å². The predicted molar refractivity (Wildman–Crippen MR) is 73.3 cm³/mol. The van der Waals surface area contributed by atoms with Gasteiger partial charge in [0, 0.05) is 12.4 Å². The van der Waals surface area contributed by atoms with E-state index >= 15 is 0 Å². The van der Waals surface area contributed by atoms with Gasteiger partial charge in [0.05, 0.1) is 12.6 Å². The van der Waals surface area contributed by atoms with Crippen molar-refractivity contribution in [3.8, 4) is 0 Å². The lowest BCUT2D eigenvalue weighted by atomic mass is 10.0. The van der Waals surface area contributed by atoms with Gasteiger partial charge in [0.1, 0.15) is 5.76 Å². The Kier molecular flexibility index (Phi) is 5.21. The van der Waals surface area contributed by atoms with Gasteiger partial charge in [0.15, 0.2) is 0 Å². The Morgan fingerprint density at radius 1 is 1.39 bits per heavy atom. The predicted octanol–water partition coefficient (Wildman–Crippen LogP) is 2.69. The molecule has 0 fully saturated rings. The van der Waals surface area contributed by atoms with E-state index in [1.54, 1.807) is 0 Å². The maximum atomic E-state index is 5.77. The summed E-state index contributed by atoms with van der Waals surface area (Å²) in [6.45, 7) is 3.98. The van der Waals surface area contributed by atoms with Crippen LogP contribution in [0.15, 0.2) is 36.4 Å². The highest BCUT2D eigenvalue weighted by molar-refractivity contribution is 5.12. The number of ether oxygens (including phenoxy) is 1. The summed E-state index contributed by atoms with van der Waals surface area (Å²) >= 11 is 0. The molecule has 0 aliphatic carbocycles. The molecule has 2 heterocycles. The summed E-state index contributed by atoms with van der Waals surface area (Å²) in [5.41, 5.74) is 1.34. The van der Waals surface area contributed by atoms with Gasteiger partial charge in [0.25, 0.3) is 0 Å². The minimum atomic E-state index is 0.350. The van der Waals surface area contributed by atoms with Crippen molar-refractivity contribution in [1.29, 1.82) is 0 Å². The second-order valence-electron chi connectivity index (χ2n) is 4.60. The summed E-state index contributed by atoms with van der Waals surface area (Å²) in [6, 6.07) is 4.52. The van der Waals surface area contributed by atoms with Crippen LogP contribution in [0.5, 0.6) is 0 Å². The summed E-state index contributed by atoms with van der Waals surface area (Å²) in [5.74, 6) is 1.14. The van der Waals surface area contributed by atoms with E-state index in [1.165, 1.54) is 5.56 Å². The monoisotopic (exact) mass is 246 g/mol. The van der Waals surface area contributed by atoms with Crippen molar-refractivity contribution in [2.24, 2.45) is 0 Å². The van der Waals surface area contributed by atoms with E-state index in [1.807, 2.05) is 12.4 Å². The fourth-order valence-corrected chi connectivity index (χ4v) is 2.27. The Balaban J connectivity index is 1.91. The molecule has 1 aromatic heterocycles. The molecule has 0 aromatic carbocycles. The third-order valence-electron chi connectivity index (χ3n) is 3.23. The molecule has 1 aromatic rings. The highest BCUT2D eigenvalue weighted by atomic mass is 16.5. The molecule has 0 saturated heterocycles. The molecular formula is C15H22N2O. The van der Waals surface area contributed by atoms with Crippen molar-refractivity contribution in [3.05, 3.63) is 41.9 Å². The van der Waals surface area contributed by atoms with Crippen LogP contribution in [0.4, 0.5) is 0 Å². The molecule has 98 valence electrons.